The molecule has 1 heterocycles. The molecule has 3 amide bonds. The van der Waals surface area contributed by atoms with Crippen molar-refractivity contribution in [1.82, 2.24) is 5.32 Å². The van der Waals surface area contributed by atoms with E-state index in [1.54, 1.807) is 30.3 Å². The molecule has 4 rings (SSSR count). The predicted molar refractivity (Wildman–Crippen MR) is 138 cm³/mol. The van der Waals surface area contributed by atoms with Crippen LogP contribution in [0.5, 0.6) is 5.75 Å². The normalized spacial score (nSPS) is 14.8. The highest BCUT2D eigenvalue weighted by Crippen LogP contribution is 2.27. The monoisotopic (exact) mass is 656 g/mol. The van der Waals surface area contributed by atoms with E-state index in [0.717, 1.165) is 25.3 Å². The highest BCUT2D eigenvalue weighted by atomic mass is 127. The number of benzene rings is 3. The van der Waals surface area contributed by atoms with Crippen LogP contribution in [0.3, 0.4) is 0 Å². The molecule has 0 atom stereocenters. The maximum absolute atomic E-state index is 12.8. The summed E-state index contributed by atoms with van der Waals surface area (Å²) in [6.07, 6.45) is 1.65. The fraction of sp³-hybridized carbons (Fsp3) is 0.0435. The van der Waals surface area contributed by atoms with Crippen molar-refractivity contribution < 1.29 is 14.3 Å². The average molecular weight is 657 g/mol. The van der Waals surface area contributed by atoms with Gasteiger partial charge in [-0.25, -0.2) is 9.69 Å². The van der Waals surface area contributed by atoms with Crippen molar-refractivity contribution in [3.8, 4) is 5.75 Å². The SMILES string of the molecule is O=C1N/C(=C/c2ccc(OCc3ccc(I)cc3)c(I)c2)C(=O)N1c1ccc(Cl)cc1. The van der Waals surface area contributed by atoms with E-state index in [0.29, 0.717) is 17.3 Å². The fourth-order valence-electron chi connectivity index (χ4n) is 2.99. The zero-order chi connectivity index (χ0) is 22.0. The van der Waals surface area contributed by atoms with Crippen molar-refractivity contribution in [1.29, 1.82) is 0 Å². The summed E-state index contributed by atoms with van der Waals surface area (Å²) in [5.74, 6) is 0.340. The third kappa shape index (κ3) is 5.21. The van der Waals surface area contributed by atoms with Crippen LogP contribution in [0.25, 0.3) is 6.08 Å². The number of hydrogen-bond acceptors (Lipinski definition) is 3. The van der Waals surface area contributed by atoms with Gasteiger partial charge in [-0.05, 0) is 111 Å². The predicted octanol–water partition coefficient (Wildman–Crippen LogP) is 6.23. The van der Waals surface area contributed by atoms with Gasteiger partial charge in [-0.2, -0.15) is 0 Å². The van der Waals surface area contributed by atoms with Gasteiger partial charge in [0.15, 0.2) is 0 Å². The first-order valence-corrected chi connectivity index (χ1v) is 11.7. The Kier molecular flexibility index (Phi) is 6.83. The first-order valence-electron chi connectivity index (χ1n) is 9.20. The van der Waals surface area contributed by atoms with E-state index in [4.69, 9.17) is 16.3 Å². The standard InChI is InChI=1S/C23H15ClI2N2O3/c24-16-4-8-18(9-5-16)28-22(29)20(27-23(28)30)12-15-3-10-21(19(26)11-15)31-13-14-1-6-17(25)7-2-14/h1-12H,13H2,(H,27,30)/b20-12+. The molecule has 0 aromatic heterocycles. The lowest BCUT2D eigenvalue weighted by atomic mass is 10.2. The molecule has 0 radical (unpaired) electrons. The van der Waals surface area contributed by atoms with Gasteiger partial charge in [0.25, 0.3) is 5.91 Å². The number of imide groups is 1. The lowest BCUT2D eigenvalue weighted by Gasteiger charge is -2.11. The molecule has 8 heteroatoms. The van der Waals surface area contributed by atoms with E-state index in [-0.39, 0.29) is 5.70 Å². The molecule has 3 aromatic carbocycles. The summed E-state index contributed by atoms with van der Waals surface area (Å²) >= 11 is 10.4. The Labute approximate surface area is 211 Å². The molecule has 5 nitrogen and oxygen atoms in total. The number of carbonyl (C=O) groups excluding carboxylic acids is 2. The molecular formula is C23H15ClI2N2O3. The van der Waals surface area contributed by atoms with Crippen molar-refractivity contribution in [3.63, 3.8) is 0 Å². The zero-order valence-electron chi connectivity index (χ0n) is 15.9. The summed E-state index contributed by atoms with van der Waals surface area (Å²) in [7, 11) is 0. The number of halogens is 3. The number of amides is 3. The molecule has 1 N–H and O–H groups in total. The summed E-state index contributed by atoms with van der Waals surface area (Å²) < 4.78 is 8.01. The van der Waals surface area contributed by atoms with Gasteiger partial charge in [-0.1, -0.05) is 29.8 Å². The summed E-state index contributed by atoms with van der Waals surface area (Å²) in [5.41, 5.74) is 2.55. The van der Waals surface area contributed by atoms with E-state index in [9.17, 15) is 9.59 Å². The molecule has 1 saturated heterocycles. The Bertz CT molecular complexity index is 1180. The van der Waals surface area contributed by atoms with E-state index < -0.39 is 11.9 Å². The number of ether oxygens (including phenoxy) is 1. The molecule has 0 saturated carbocycles. The van der Waals surface area contributed by atoms with E-state index in [1.165, 1.54) is 3.57 Å². The number of nitrogens with zero attached hydrogens (tertiary/aromatic N) is 1. The number of carbonyl (C=O) groups is 2. The second-order valence-corrected chi connectivity index (χ2v) is 9.55. The number of urea groups is 1. The van der Waals surface area contributed by atoms with E-state index >= 15 is 0 Å². The Morgan fingerprint density at radius 1 is 0.968 bits per heavy atom. The molecule has 31 heavy (non-hydrogen) atoms. The van der Waals surface area contributed by atoms with Gasteiger partial charge in [-0.15, -0.1) is 0 Å². The first-order chi connectivity index (χ1) is 14.9. The smallest absolute Gasteiger partial charge is 0.333 e. The van der Waals surface area contributed by atoms with Gasteiger partial charge in [0.05, 0.1) is 9.26 Å². The van der Waals surface area contributed by atoms with E-state index in [2.05, 4.69) is 50.5 Å². The van der Waals surface area contributed by atoms with Crippen molar-refractivity contribution in [2.75, 3.05) is 4.90 Å². The summed E-state index contributed by atoms with van der Waals surface area (Å²) in [4.78, 5) is 26.2. The minimum atomic E-state index is -0.495. The van der Waals surface area contributed by atoms with Crippen molar-refractivity contribution >= 4 is 80.5 Å². The van der Waals surface area contributed by atoms with Crippen molar-refractivity contribution in [3.05, 3.63) is 95.7 Å². The molecule has 1 aliphatic rings. The summed E-state index contributed by atoms with van der Waals surface area (Å²) in [6, 6.07) is 19.8. The van der Waals surface area contributed by atoms with Gasteiger partial charge in [0.2, 0.25) is 0 Å². The van der Waals surface area contributed by atoms with Gasteiger partial charge in [-0.3, -0.25) is 4.79 Å². The molecule has 0 unspecified atom stereocenters. The van der Waals surface area contributed by atoms with Crippen LogP contribution in [0.1, 0.15) is 11.1 Å². The lowest BCUT2D eigenvalue weighted by molar-refractivity contribution is -0.113. The number of nitrogens with one attached hydrogen (secondary N) is 1. The Balaban J connectivity index is 1.49. The second kappa shape index (κ2) is 9.58. The van der Waals surface area contributed by atoms with Gasteiger partial charge in [0, 0.05) is 8.59 Å². The summed E-state index contributed by atoms with van der Waals surface area (Å²) in [6.45, 7) is 0.470. The molecule has 0 aliphatic carbocycles. The average Bonchev–Trinajstić information content (AvgIpc) is 3.02. The maximum atomic E-state index is 12.8. The van der Waals surface area contributed by atoms with Crippen LogP contribution in [0.2, 0.25) is 5.02 Å². The van der Waals surface area contributed by atoms with E-state index in [1.807, 2.05) is 42.5 Å². The Morgan fingerprint density at radius 3 is 2.35 bits per heavy atom. The minimum Gasteiger partial charge on any atom is -0.488 e. The molecular weight excluding hydrogens is 642 g/mol. The molecule has 0 bridgehead atoms. The minimum absolute atomic E-state index is 0.211. The van der Waals surface area contributed by atoms with Crippen LogP contribution in [0.15, 0.2) is 72.4 Å². The van der Waals surface area contributed by atoms with Crippen molar-refractivity contribution in [2.24, 2.45) is 0 Å². The highest BCUT2D eigenvalue weighted by Gasteiger charge is 2.34. The first kappa shape index (κ1) is 22.1. The Hall–Kier alpha value is -2.11. The Morgan fingerprint density at radius 2 is 1.68 bits per heavy atom. The van der Waals surface area contributed by atoms with Crippen LogP contribution in [-0.2, 0) is 11.4 Å². The van der Waals surface area contributed by atoms with Crippen LogP contribution in [-0.4, -0.2) is 11.9 Å². The van der Waals surface area contributed by atoms with Crippen LogP contribution < -0.4 is 15.0 Å². The summed E-state index contributed by atoms with van der Waals surface area (Å²) in [5, 5.41) is 3.16. The lowest BCUT2D eigenvalue weighted by Crippen LogP contribution is -2.30. The van der Waals surface area contributed by atoms with Crippen LogP contribution >= 0.6 is 56.8 Å². The van der Waals surface area contributed by atoms with Gasteiger partial charge in [0.1, 0.15) is 18.1 Å². The van der Waals surface area contributed by atoms with Crippen LogP contribution in [0.4, 0.5) is 10.5 Å². The highest BCUT2D eigenvalue weighted by molar-refractivity contribution is 14.1. The molecule has 3 aromatic rings. The second-order valence-electron chi connectivity index (χ2n) is 6.71. The quantitative estimate of drug-likeness (QED) is 0.202. The fourth-order valence-corrected chi connectivity index (χ4v) is 4.17. The van der Waals surface area contributed by atoms with Crippen molar-refractivity contribution in [2.45, 2.75) is 6.61 Å². The van der Waals surface area contributed by atoms with Gasteiger partial charge < -0.3 is 10.1 Å². The number of hydrogen-bond donors (Lipinski definition) is 1. The maximum Gasteiger partial charge on any atom is 0.333 e. The molecule has 156 valence electrons. The van der Waals surface area contributed by atoms with Gasteiger partial charge >= 0.3 is 6.03 Å². The topological polar surface area (TPSA) is 58.6 Å². The molecule has 1 fully saturated rings. The largest absolute Gasteiger partial charge is 0.488 e. The number of rotatable bonds is 5. The number of anilines is 1. The zero-order valence-corrected chi connectivity index (χ0v) is 21.0. The third-order valence-corrected chi connectivity index (χ3v) is 6.35. The third-order valence-electron chi connectivity index (χ3n) is 4.54. The van der Waals surface area contributed by atoms with Crippen LogP contribution in [0, 0.1) is 7.14 Å². The molecule has 0 spiro atoms. The molecule has 1 aliphatic heterocycles.